The number of nitriles is 2. The Morgan fingerprint density at radius 3 is 2.38 bits per heavy atom. The molecule has 2 aromatic heterocycles. The molecule has 0 aliphatic carbocycles. The zero-order chi connectivity index (χ0) is 37.4. The number of aliphatic hydroxyl groups excluding tert-OH is 1. The molecule has 0 bridgehead atoms. The first-order valence-corrected chi connectivity index (χ1v) is 19.9. The third-order valence-electron chi connectivity index (χ3n) is 9.33. The van der Waals surface area contributed by atoms with Crippen LogP contribution in [-0.4, -0.2) is 55.6 Å². The number of aliphatic hydroxyl groups is 1. The first-order chi connectivity index (χ1) is 25.1. The molecule has 1 unspecified atom stereocenters. The number of ether oxygens (including phenoxy) is 2. The lowest BCUT2D eigenvalue weighted by Crippen LogP contribution is -2.32. The van der Waals surface area contributed by atoms with Gasteiger partial charge in [-0.05, 0) is 42.3 Å². The van der Waals surface area contributed by atoms with E-state index in [-0.39, 0.29) is 31.0 Å². The van der Waals surface area contributed by atoms with Crippen molar-refractivity contribution in [1.29, 1.82) is 10.5 Å². The number of nitrogens with zero attached hydrogens (tertiary/aromatic N) is 5. The number of rotatable bonds is 24. The molecule has 1 fully saturated rings. The molecule has 1 aliphatic rings. The van der Waals surface area contributed by atoms with E-state index in [0.717, 1.165) is 31.7 Å². The molecule has 13 nitrogen and oxygen atoms in total. The van der Waals surface area contributed by atoms with Crippen molar-refractivity contribution in [3.05, 3.63) is 59.3 Å². The van der Waals surface area contributed by atoms with Crippen LogP contribution in [0.15, 0.2) is 36.7 Å². The summed E-state index contributed by atoms with van der Waals surface area (Å²) in [5.74, 6) is -0.341. The lowest BCUT2D eigenvalue weighted by atomic mass is 10.0. The molecule has 15 heteroatoms. The minimum absolute atomic E-state index is 0.0366. The number of phosphoric ester groups is 1. The number of aromatic nitrogens is 3. The normalized spacial score (nSPS) is 20.4. The van der Waals surface area contributed by atoms with Gasteiger partial charge in [-0.3, -0.25) is 9.05 Å². The van der Waals surface area contributed by atoms with Gasteiger partial charge in [-0.2, -0.15) is 15.6 Å². The van der Waals surface area contributed by atoms with Gasteiger partial charge in [0, 0.05) is 6.42 Å². The topological polar surface area (TPSA) is 198 Å². The van der Waals surface area contributed by atoms with Crippen LogP contribution in [0.25, 0.3) is 5.52 Å². The van der Waals surface area contributed by atoms with Crippen LogP contribution < -0.4 is 5.73 Å². The summed E-state index contributed by atoms with van der Waals surface area (Å²) < 4.78 is 51.0. The highest BCUT2D eigenvalue weighted by atomic mass is 31.2. The lowest BCUT2D eigenvalue weighted by molar-refractivity contribution is -0.0542. The van der Waals surface area contributed by atoms with E-state index in [1.54, 1.807) is 12.1 Å². The predicted octanol–water partition coefficient (Wildman–Crippen LogP) is 7.61. The Labute approximate surface area is 305 Å². The molecule has 1 aliphatic heterocycles. The number of nitrogens with two attached hydrogens (primary N) is 1. The number of halogens is 1. The van der Waals surface area contributed by atoms with E-state index in [9.17, 15) is 29.5 Å². The molecule has 3 aromatic rings. The van der Waals surface area contributed by atoms with Crippen molar-refractivity contribution in [3.8, 4) is 12.1 Å². The lowest BCUT2D eigenvalue weighted by Gasteiger charge is -2.24. The van der Waals surface area contributed by atoms with Crippen molar-refractivity contribution in [2.24, 2.45) is 0 Å². The molecule has 0 saturated carbocycles. The number of hydrogen-bond donors (Lipinski definition) is 3. The summed E-state index contributed by atoms with van der Waals surface area (Å²) in [7, 11) is -4.73. The molecule has 0 amide bonds. The number of hydrogen-bond acceptors (Lipinski definition) is 11. The van der Waals surface area contributed by atoms with Crippen LogP contribution in [0.2, 0.25) is 0 Å². The van der Waals surface area contributed by atoms with Crippen LogP contribution >= 0.6 is 7.82 Å². The summed E-state index contributed by atoms with van der Waals surface area (Å²) in [4.78, 5) is 14.5. The molecule has 4 N–H and O–H groups in total. The van der Waals surface area contributed by atoms with Gasteiger partial charge in [-0.25, -0.2) is 18.5 Å². The number of phosphoric acid groups is 1. The molecule has 52 heavy (non-hydrogen) atoms. The predicted molar refractivity (Wildman–Crippen MR) is 192 cm³/mol. The van der Waals surface area contributed by atoms with E-state index in [1.807, 2.05) is 12.1 Å². The zero-order valence-electron chi connectivity index (χ0n) is 30.0. The van der Waals surface area contributed by atoms with Crippen molar-refractivity contribution in [3.63, 3.8) is 0 Å². The quantitative estimate of drug-likeness (QED) is 0.0601. The fourth-order valence-electron chi connectivity index (χ4n) is 6.48. The summed E-state index contributed by atoms with van der Waals surface area (Å²) >= 11 is 0. The average molecular weight is 743 g/mol. The van der Waals surface area contributed by atoms with E-state index in [1.165, 1.54) is 80.8 Å². The van der Waals surface area contributed by atoms with Gasteiger partial charge in [0.1, 0.15) is 36.4 Å². The second kappa shape index (κ2) is 20.7. The molecule has 0 radical (unpaired) electrons. The molecule has 5 atom stereocenters. The third kappa shape index (κ3) is 12.6. The SMILES string of the molecule is CCCCCCCCCCCCCCC[C@H](COP(=O)(O)OC[C@]1(C#N)C[C@@H](O)[C@H](c2ccc3c(N)ncnn23)O1)OCc1cc(F)cc(C#N)c1. The Morgan fingerprint density at radius 2 is 1.73 bits per heavy atom. The summed E-state index contributed by atoms with van der Waals surface area (Å²) in [6.45, 7) is 1.23. The Kier molecular flexibility index (Phi) is 16.4. The van der Waals surface area contributed by atoms with Gasteiger partial charge in [-0.15, -0.1) is 0 Å². The highest BCUT2D eigenvalue weighted by Crippen LogP contribution is 2.47. The van der Waals surface area contributed by atoms with E-state index in [2.05, 4.69) is 17.0 Å². The van der Waals surface area contributed by atoms with Crippen molar-refractivity contribution < 1.29 is 37.5 Å². The van der Waals surface area contributed by atoms with Gasteiger partial charge in [0.2, 0.25) is 0 Å². The Bertz CT molecular complexity index is 1700. The first-order valence-electron chi connectivity index (χ1n) is 18.4. The maximum atomic E-state index is 14.0. The maximum Gasteiger partial charge on any atom is 0.472 e. The minimum atomic E-state index is -4.73. The standard InChI is InChI=1S/C37H52FN6O7P/c1-2-3-4-5-6-7-8-9-10-11-12-13-14-15-31(48-23-29-18-28(22-39)19-30(38)20-29)24-49-52(46,47)50-26-37(25-40)21-34(45)35(51-37)32-16-17-33-36(41)42-27-43-44(32)33/h16-20,27,31,34-35,45H,2-15,21,23-24,26H2,1H3,(H,46,47)(H2,41,42,43)/t31-,34-,35+,37-/m1/s1. The van der Waals surface area contributed by atoms with Gasteiger partial charge in [0.15, 0.2) is 11.4 Å². The van der Waals surface area contributed by atoms with Gasteiger partial charge in [0.25, 0.3) is 0 Å². The maximum absolute atomic E-state index is 14.0. The molecule has 1 aromatic carbocycles. The smallest absolute Gasteiger partial charge is 0.390 e. The van der Waals surface area contributed by atoms with Crippen molar-refractivity contribution in [2.45, 2.75) is 134 Å². The molecular weight excluding hydrogens is 690 g/mol. The Hall–Kier alpha value is -3.46. The van der Waals surface area contributed by atoms with E-state index in [4.69, 9.17) is 24.3 Å². The number of nitrogen functional groups attached to an aromatic ring is 1. The molecule has 1 saturated heterocycles. The summed E-state index contributed by atoms with van der Waals surface area (Å²) in [5.41, 5.74) is 5.68. The Morgan fingerprint density at radius 1 is 1.06 bits per heavy atom. The molecular formula is C37H52FN6O7P. The third-order valence-corrected chi connectivity index (χ3v) is 10.3. The zero-order valence-corrected chi connectivity index (χ0v) is 30.9. The van der Waals surface area contributed by atoms with Crippen LogP contribution in [0.3, 0.4) is 0 Å². The van der Waals surface area contributed by atoms with Gasteiger partial charge in [-0.1, -0.05) is 90.4 Å². The molecule has 3 heterocycles. The van der Waals surface area contributed by atoms with E-state index >= 15 is 0 Å². The van der Waals surface area contributed by atoms with Crippen molar-refractivity contribution in [1.82, 2.24) is 14.6 Å². The highest BCUT2D eigenvalue weighted by Gasteiger charge is 2.49. The van der Waals surface area contributed by atoms with Crippen LogP contribution in [0.1, 0.15) is 126 Å². The summed E-state index contributed by atoms with van der Waals surface area (Å²) in [5, 5.41) is 34.2. The van der Waals surface area contributed by atoms with Crippen molar-refractivity contribution >= 4 is 19.2 Å². The molecule has 284 valence electrons. The highest BCUT2D eigenvalue weighted by molar-refractivity contribution is 7.47. The second-order valence-electron chi connectivity index (χ2n) is 13.6. The van der Waals surface area contributed by atoms with Crippen LogP contribution in [0.5, 0.6) is 0 Å². The van der Waals surface area contributed by atoms with Crippen LogP contribution in [0.4, 0.5) is 10.2 Å². The summed E-state index contributed by atoms with van der Waals surface area (Å²) in [6, 6.07) is 11.1. The van der Waals surface area contributed by atoms with Gasteiger partial charge >= 0.3 is 7.82 Å². The fraction of sp³-hybridized carbons (Fsp3) is 0.622. The average Bonchev–Trinajstić information content (AvgIpc) is 3.71. The van der Waals surface area contributed by atoms with Gasteiger partial charge in [0.05, 0.1) is 42.7 Å². The number of benzene rings is 1. The van der Waals surface area contributed by atoms with E-state index in [0.29, 0.717) is 23.2 Å². The molecule has 4 rings (SSSR count). The fourth-order valence-corrected chi connectivity index (χ4v) is 7.28. The Balaban J connectivity index is 1.27. The largest absolute Gasteiger partial charge is 0.472 e. The number of fused-ring (bicyclic) bond motifs is 1. The monoisotopic (exact) mass is 742 g/mol. The minimum Gasteiger partial charge on any atom is -0.390 e. The molecule has 0 spiro atoms. The first kappa shape index (κ1) is 41.3. The van der Waals surface area contributed by atoms with Crippen LogP contribution in [0, 0.1) is 28.5 Å². The number of unbranched alkanes of at least 4 members (excludes halogenated alkanes) is 12. The summed E-state index contributed by atoms with van der Waals surface area (Å²) in [6.07, 6.45) is 14.3. The van der Waals surface area contributed by atoms with Gasteiger partial charge < -0.3 is 25.2 Å². The van der Waals surface area contributed by atoms with Crippen LogP contribution in [-0.2, 0) is 29.7 Å². The number of anilines is 1. The van der Waals surface area contributed by atoms with Crippen molar-refractivity contribution in [2.75, 3.05) is 18.9 Å². The van der Waals surface area contributed by atoms with E-state index < -0.39 is 44.2 Å². The second-order valence-corrected chi connectivity index (χ2v) is 15.0.